The van der Waals surface area contributed by atoms with Gasteiger partial charge in [0.1, 0.15) is 58.5 Å². The summed E-state index contributed by atoms with van der Waals surface area (Å²) in [5, 5.41) is 54.3. The number of hydrogen-bond acceptors (Lipinski definition) is 16. The zero-order chi connectivity index (χ0) is 42.6. The summed E-state index contributed by atoms with van der Waals surface area (Å²) in [5.41, 5.74) is 9.73. The van der Waals surface area contributed by atoms with Crippen LogP contribution in [0.15, 0.2) is 0 Å². The Morgan fingerprint density at radius 1 is 0.310 bits per heavy atom. The van der Waals surface area contributed by atoms with Gasteiger partial charge in [0.2, 0.25) is 11.0 Å². The molecular weight excluding hydrogens is 733 g/mol. The van der Waals surface area contributed by atoms with Gasteiger partial charge in [-0.2, -0.15) is 31.6 Å². The molecule has 18 nitrogen and oxygen atoms in total. The number of nitrogens with zero attached hydrogens (tertiary/aromatic N) is 18. The van der Waals surface area contributed by atoms with Gasteiger partial charge in [0.15, 0.2) is 34.2 Å². The van der Waals surface area contributed by atoms with Gasteiger partial charge in [-0.3, -0.25) is 0 Å². The predicted molar refractivity (Wildman–Crippen MR) is 206 cm³/mol. The van der Waals surface area contributed by atoms with Gasteiger partial charge in [0.25, 0.3) is 11.6 Å². The normalized spacial score (nSPS) is 9.93. The number of rotatable bonds is 0. The maximum atomic E-state index is 9.29. The minimum atomic E-state index is -0.301. The van der Waals surface area contributed by atoms with Gasteiger partial charge >= 0.3 is 0 Å². The van der Waals surface area contributed by atoms with Crippen LogP contribution < -0.4 is 0 Å². The SMILES string of the molecule is Cc1nc(C#N)c(C#N)nc1C.Cc1nc2c(C)c(C)c(C)c(C)c2nc1C.[C-]#[N+]c1nc2c3nc(C#N)c(C#N)nc3c3nc(C#N)c(C#N)nc3c2nc1[N+]#[C-]. The lowest BCUT2D eigenvalue weighted by molar-refractivity contribution is 1.01. The smallest absolute Gasteiger partial charge is 0.294 e. The maximum Gasteiger partial charge on any atom is 0.294 e. The second-order valence-electron chi connectivity index (χ2n) is 12.4. The average molecular weight is 757 g/mol. The molecule has 18 heteroatoms. The third kappa shape index (κ3) is 6.96. The average Bonchev–Trinajstić information content (AvgIpc) is 3.25. The minimum absolute atomic E-state index is 0.00714. The first-order chi connectivity index (χ1) is 27.7. The summed E-state index contributed by atoms with van der Waals surface area (Å²) in [6, 6.07) is 10.7. The van der Waals surface area contributed by atoms with Crippen molar-refractivity contribution >= 4 is 55.8 Å². The summed E-state index contributed by atoms with van der Waals surface area (Å²) in [6.45, 7) is 30.6. The molecule has 0 saturated carbocycles. The summed E-state index contributed by atoms with van der Waals surface area (Å²) in [6.07, 6.45) is 0. The predicted octanol–water partition coefficient (Wildman–Crippen LogP) is 6.42. The summed E-state index contributed by atoms with van der Waals surface area (Å²) in [5.74, 6) is -0.602. The van der Waals surface area contributed by atoms with E-state index < -0.39 is 0 Å². The molecule has 7 aromatic rings. The number of benzene rings is 2. The quantitative estimate of drug-likeness (QED) is 0.119. The zero-order valence-corrected chi connectivity index (χ0v) is 32.0. The van der Waals surface area contributed by atoms with Crippen molar-refractivity contribution in [3.05, 3.63) is 102 Å². The summed E-state index contributed by atoms with van der Waals surface area (Å²) in [4.78, 5) is 48.3. The molecule has 7 rings (SSSR count). The molecule has 0 N–H and O–H groups in total. The molecule has 0 amide bonds. The highest BCUT2D eigenvalue weighted by Crippen LogP contribution is 2.35. The first-order valence-corrected chi connectivity index (χ1v) is 16.7. The molecule has 2 aromatic carbocycles. The van der Waals surface area contributed by atoms with E-state index in [4.69, 9.17) is 23.7 Å². The van der Waals surface area contributed by atoms with Crippen LogP contribution in [-0.4, -0.2) is 49.8 Å². The van der Waals surface area contributed by atoms with E-state index >= 15 is 0 Å². The molecule has 0 aliphatic heterocycles. The second-order valence-corrected chi connectivity index (χ2v) is 12.4. The van der Waals surface area contributed by atoms with Crippen molar-refractivity contribution in [3.8, 4) is 36.4 Å². The van der Waals surface area contributed by atoms with Crippen molar-refractivity contribution in [1.29, 1.82) is 31.6 Å². The van der Waals surface area contributed by atoms with E-state index in [-0.39, 0.29) is 78.9 Å². The first-order valence-electron chi connectivity index (χ1n) is 16.7. The number of hydrogen-bond donors (Lipinski definition) is 0. The molecule has 0 unspecified atom stereocenters. The van der Waals surface area contributed by atoms with Crippen molar-refractivity contribution in [2.24, 2.45) is 0 Å². The summed E-state index contributed by atoms with van der Waals surface area (Å²) in [7, 11) is 0. The molecule has 58 heavy (non-hydrogen) atoms. The molecule has 0 aliphatic carbocycles. The van der Waals surface area contributed by atoms with Gasteiger partial charge in [0.05, 0.1) is 33.8 Å². The molecule has 0 saturated heterocycles. The molecule has 0 spiro atoms. The van der Waals surface area contributed by atoms with E-state index in [1.165, 1.54) is 22.3 Å². The lowest BCUT2D eigenvalue weighted by Crippen LogP contribution is -2.03. The Morgan fingerprint density at radius 3 is 0.776 bits per heavy atom. The lowest BCUT2D eigenvalue weighted by atomic mass is 9.97. The van der Waals surface area contributed by atoms with Crippen molar-refractivity contribution in [2.45, 2.75) is 55.4 Å². The van der Waals surface area contributed by atoms with Gasteiger partial charge in [-0.25, -0.2) is 39.9 Å². The first kappa shape index (κ1) is 40.0. The highest BCUT2D eigenvalue weighted by atomic mass is 15.0. The van der Waals surface area contributed by atoms with Gasteiger partial charge in [-0.05, 0) is 77.6 Å². The number of aromatic nitrogens is 10. The Labute approximate surface area is 330 Å². The van der Waals surface area contributed by atoms with Crippen LogP contribution in [0.3, 0.4) is 0 Å². The molecule has 0 bridgehead atoms. The molecule has 5 heterocycles. The molecule has 0 aliphatic rings. The second kappa shape index (κ2) is 16.0. The van der Waals surface area contributed by atoms with E-state index in [1.807, 2.05) is 26.0 Å². The van der Waals surface area contributed by atoms with E-state index in [9.17, 15) is 21.0 Å². The fourth-order valence-corrected chi connectivity index (χ4v) is 5.54. The monoisotopic (exact) mass is 756 g/mol. The Morgan fingerprint density at radius 2 is 0.534 bits per heavy atom. The Hall–Kier alpha value is -9.20. The molecule has 274 valence electrons. The van der Waals surface area contributed by atoms with E-state index in [0.717, 1.165) is 22.4 Å². The fraction of sp³-hybridized carbons (Fsp3) is 0.200. The Kier molecular flexibility index (Phi) is 11.1. The van der Waals surface area contributed by atoms with Gasteiger partial charge in [-0.15, -0.1) is 9.97 Å². The van der Waals surface area contributed by atoms with Crippen molar-refractivity contribution in [2.75, 3.05) is 0 Å². The lowest BCUT2D eigenvalue weighted by Gasteiger charge is -2.13. The highest BCUT2D eigenvalue weighted by molar-refractivity contribution is 6.18. The topological polar surface area (TPSA) is 280 Å². The summed E-state index contributed by atoms with van der Waals surface area (Å²) >= 11 is 0. The molecule has 0 atom stereocenters. The maximum absolute atomic E-state index is 9.29. The highest BCUT2D eigenvalue weighted by Gasteiger charge is 2.26. The van der Waals surface area contributed by atoms with E-state index in [2.05, 4.69) is 87.2 Å². The summed E-state index contributed by atoms with van der Waals surface area (Å²) < 4.78 is 0. The minimum Gasteiger partial charge on any atom is -0.370 e. The van der Waals surface area contributed by atoms with Crippen LogP contribution in [0.25, 0.3) is 53.8 Å². The van der Waals surface area contributed by atoms with Crippen molar-refractivity contribution in [1.82, 2.24) is 49.8 Å². The fourth-order valence-electron chi connectivity index (χ4n) is 5.54. The van der Waals surface area contributed by atoms with Crippen LogP contribution in [0.4, 0.5) is 11.6 Å². The Bertz CT molecular complexity index is 2860. The third-order valence-electron chi connectivity index (χ3n) is 9.18. The van der Waals surface area contributed by atoms with Crippen molar-refractivity contribution in [3.63, 3.8) is 0 Å². The Balaban J connectivity index is 0.000000191. The van der Waals surface area contributed by atoms with Crippen LogP contribution in [0.5, 0.6) is 0 Å². The van der Waals surface area contributed by atoms with Crippen LogP contribution in [-0.2, 0) is 0 Å². The van der Waals surface area contributed by atoms with Crippen LogP contribution in [0.1, 0.15) is 79.2 Å². The molecule has 0 radical (unpaired) electrons. The van der Waals surface area contributed by atoms with Crippen molar-refractivity contribution < 1.29 is 0 Å². The molecule has 0 fully saturated rings. The molecule has 5 aromatic heterocycles. The zero-order valence-electron chi connectivity index (χ0n) is 32.0. The van der Waals surface area contributed by atoms with Crippen LogP contribution in [0.2, 0.25) is 0 Å². The standard InChI is InChI=1S/C18N12.C14H18N2.C8H6N4/c1-23-17-18(24-2)30-16-14-12(26-8(4-20)10(6-22)28-14)11-13(15(16)29-17)27-9(5-21)7(3-19)25-11;1-7-8(2)10(4)14-13(9(7)3)15-11(5)12(6)16-14;1-5-6(2)12-8(4-10)7(3-9)11-5/h;1-6H3;1-2H3. The van der Waals surface area contributed by atoms with E-state index in [1.54, 1.807) is 38.1 Å². The van der Waals surface area contributed by atoms with Gasteiger partial charge in [-0.1, -0.05) is 13.1 Å². The number of nitriles is 6. The number of aryl methyl sites for hydroxylation is 6. The molecular formula is C40H24N18. The largest absolute Gasteiger partial charge is 0.370 e. The third-order valence-corrected chi connectivity index (χ3v) is 9.18. The van der Waals surface area contributed by atoms with E-state index in [0.29, 0.717) is 11.4 Å². The van der Waals surface area contributed by atoms with Gasteiger partial charge < -0.3 is 9.69 Å². The van der Waals surface area contributed by atoms with Crippen LogP contribution >= 0.6 is 0 Å². The van der Waals surface area contributed by atoms with Gasteiger partial charge in [0, 0.05) is 0 Å². The number of fused-ring (bicyclic) bond motifs is 7. The van der Waals surface area contributed by atoms with Crippen LogP contribution in [0, 0.1) is 137 Å².